The van der Waals surface area contributed by atoms with Crippen molar-refractivity contribution in [3.63, 3.8) is 0 Å². The fraction of sp³-hybridized carbons (Fsp3) is 0.900. The van der Waals surface area contributed by atoms with Gasteiger partial charge in [-0.15, -0.1) is 0 Å². The summed E-state index contributed by atoms with van der Waals surface area (Å²) in [6.45, 7) is 11.2. The Morgan fingerprint density at radius 2 is 1.81 bits per heavy atom. The largest absolute Gasteiger partial charge is 0.481 e. The smallest absolute Gasteiger partial charge is 0.313 e. The van der Waals surface area contributed by atoms with E-state index in [4.69, 9.17) is 9.22 Å². The molecule has 0 aromatic heterocycles. The molecule has 0 saturated carbocycles. The Hall–Kier alpha value is 0.214. The number of hydrogen-bond acceptors (Lipinski definition) is 3. The minimum absolute atomic E-state index is 0.219. The number of carboxylic acid groups (broad SMARTS) is 1. The van der Waals surface area contributed by atoms with Crippen molar-refractivity contribution in [1.29, 1.82) is 0 Å². The van der Waals surface area contributed by atoms with Gasteiger partial charge in [0, 0.05) is 0 Å². The SMILES string of the molecule is C[Si](C)(C)O[Si](C)(C)CCCSCC(=O)O. The predicted octanol–water partition coefficient (Wildman–Crippen LogP) is 3.25. The highest BCUT2D eigenvalue weighted by atomic mass is 32.2. The number of hydrogen-bond donors (Lipinski definition) is 1. The molecule has 0 unspecified atom stereocenters. The van der Waals surface area contributed by atoms with E-state index in [1.54, 1.807) is 0 Å². The van der Waals surface area contributed by atoms with E-state index >= 15 is 0 Å². The van der Waals surface area contributed by atoms with Gasteiger partial charge in [-0.2, -0.15) is 11.8 Å². The second-order valence-corrected chi connectivity index (χ2v) is 15.7. The van der Waals surface area contributed by atoms with Crippen LogP contribution in [0.1, 0.15) is 6.42 Å². The highest BCUT2D eigenvalue weighted by Crippen LogP contribution is 2.20. The molecule has 16 heavy (non-hydrogen) atoms. The molecule has 0 rings (SSSR count). The normalized spacial score (nSPS) is 12.8. The first-order valence-electron chi connectivity index (χ1n) is 5.62. The molecule has 0 aliphatic heterocycles. The van der Waals surface area contributed by atoms with Crippen LogP contribution in [0.25, 0.3) is 0 Å². The molecule has 0 aliphatic rings. The lowest BCUT2D eigenvalue weighted by atomic mass is 10.6. The molecule has 0 amide bonds. The van der Waals surface area contributed by atoms with Crippen LogP contribution in [0.15, 0.2) is 0 Å². The van der Waals surface area contributed by atoms with Gasteiger partial charge in [-0.25, -0.2) is 0 Å². The summed E-state index contributed by atoms with van der Waals surface area (Å²) >= 11 is 1.50. The van der Waals surface area contributed by atoms with Crippen LogP contribution in [-0.2, 0) is 8.91 Å². The molecule has 0 heterocycles. The third-order valence-corrected chi connectivity index (χ3v) is 9.12. The number of carbonyl (C=O) groups is 1. The molecule has 0 aliphatic carbocycles. The number of thioether (sulfide) groups is 1. The molecule has 1 N–H and O–H groups in total. The fourth-order valence-corrected chi connectivity index (χ4v) is 10.6. The van der Waals surface area contributed by atoms with Gasteiger partial charge in [-0.05, 0) is 51.0 Å². The minimum Gasteiger partial charge on any atom is -0.481 e. The average molecular weight is 281 g/mol. The topological polar surface area (TPSA) is 46.5 Å². The highest BCUT2D eigenvalue weighted by Gasteiger charge is 2.28. The Morgan fingerprint density at radius 1 is 1.25 bits per heavy atom. The maximum atomic E-state index is 10.3. The molecule has 0 fully saturated rings. The van der Waals surface area contributed by atoms with E-state index in [1.807, 2.05) is 0 Å². The Labute approximate surface area is 105 Å². The van der Waals surface area contributed by atoms with E-state index in [0.717, 1.165) is 18.2 Å². The van der Waals surface area contributed by atoms with Crippen molar-refractivity contribution in [2.24, 2.45) is 0 Å². The van der Waals surface area contributed by atoms with Crippen molar-refractivity contribution in [1.82, 2.24) is 0 Å². The van der Waals surface area contributed by atoms with Gasteiger partial charge in [-0.1, -0.05) is 0 Å². The first kappa shape index (κ1) is 16.2. The number of rotatable bonds is 8. The summed E-state index contributed by atoms with van der Waals surface area (Å²) in [7, 11) is -2.93. The van der Waals surface area contributed by atoms with Crippen LogP contribution in [0, 0.1) is 0 Å². The van der Waals surface area contributed by atoms with Crippen LogP contribution in [0.4, 0.5) is 0 Å². The van der Waals surface area contributed by atoms with Crippen LogP contribution in [0.2, 0.25) is 38.8 Å². The third kappa shape index (κ3) is 10.7. The van der Waals surface area contributed by atoms with E-state index in [0.29, 0.717) is 0 Å². The second-order valence-electron chi connectivity index (χ2n) is 5.52. The Morgan fingerprint density at radius 3 is 2.25 bits per heavy atom. The van der Waals surface area contributed by atoms with Crippen LogP contribution < -0.4 is 0 Å². The Kier molecular flexibility index (Phi) is 6.92. The van der Waals surface area contributed by atoms with Gasteiger partial charge in [0.25, 0.3) is 0 Å². The maximum absolute atomic E-state index is 10.3. The molecule has 0 aromatic carbocycles. The van der Waals surface area contributed by atoms with Crippen molar-refractivity contribution in [2.75, 3.05) is 11.5 Å². The zero-order valence-corrected chi connectivity index (χ0v) is 13.8. The van der Waals surface area contributed by atoms with Gasteiger partial charge in [-0.3, -0.25) is 4.79 Å². The van der Waals surface area contributed by atoms with E-state index in [9.17, 15) is 4.79 Å². The van der Waals surface area contributed by atoms with Crippen molar-refractivity contribution in [3.05, 3.63) is 0 Å². The van der Waals surface area contributed by atoms with Crippen molar-refractivity contribution in [2.45, 2.75) is 45.2 Å². The summed E-state index contributed by atoms with van der Waals surface area (Å²) in [6.07, 6.45) is 1.07. The van der Waals surface area contributed by atoms with Crippen molar-refractivity contribution < 1.29 is 14.0 Å². The van der Waals surface area contributed by atoms with Crippen LogP contribution >= 0.6 is 11.8 Å². The van der Waals surface area contributed by atoms with Gasteiger partial charge in [0.15, 0.2) is 16.6 Å². The third-order valence-electron chi connectivity index (χ3n) is 1.88. The van der Waals surface area contributed by atoms with E-state index in [2.05, 4.69) is 32.7 Å². The summed E-state index contributed by atoms with van der Waals surface area (Å²) in [5, 5.41) is 8.49. The molecule has 0 atom stereocenters. The van der Waals surface area contributed by atoms with E-state index < -0.39 is 22.6 Å². The molecule has 0 spiro atoms. The van der Waals surface area contributed by atoms with Gasteiger partial charge in [0.2, 0.25) is 0 Å². The lowest BCUT2D eigenvalue weighted by molar-refractivity contribution is -0.133. The monoisotopic (exact) mass is 280 g/mol. The molecule has 6 heteroatoms. The quantitative estimate of drug-likeness (QED) is 0.547. The molecule has 0 bridgehead atoms. The second kappa shape index (κ2) is 6.83. The summed E-state index contributed by atoms with van der Waals surface area (Å²) < 4.78 is 6.21. The molecule has 0 saturated heterocycles. The van der Waals surface area contributed by atoms with Gasteiger partial charge < -0.3 is 9.22 Å². The fourth-order valence-electron chi connectivity index (χ4n) is 1.64. The van der Waals surface area contributed by atoms with Gasteiger partial charge >= 0.3 is 5.97 Å². The van der Waals surface area contributed by atoms with E-state index in [-0.39, 0.29) is 5.75 Å². The van der Waals surface area contributed by atoms with Crippen molar-refractivity contribution >= 4 is 34.4 Å². The molecule has 96 valence electrons. The summed E-state index contributed by atoms with van der Waals surface area (Å²) in [6, 6.07) is 1.13. The summed E-state index contributed by atoms with van der Waals surface area (Å²) in [5.41, 5.74) is 0. The van der Waals surface area contributed by atoms with Gasteiger partial charge in [0.1, 0.15) is 0 Å². The molecule has 3 nitrogen and oxygen atoms in total. The first-order valence-corrected chi connectivity index (χ1v) is 13.3. The van der Waals surface area contributed by atoms with Crippen LogP contribution in [0.5, 0.6) is 0 Å². The molecular formula is C10H24O3SSi2. The zero-order valence-electron chi connectivity index (χ0n) is 11.0. The predicted molar refractivity (Wildman–Crippen MR) is 76.3 cm³/mol. The highest BCUT2D eigenvalue weighted by molar-refractivity contribution is 7.99. The Bertz CT molecular complexity index is 227. The number of aliphatic carboxylic acids is 1. The minimum atomic E-state index is -1.51. The van der Waals surface area contributed by atoms with E-state index in [1.165, 1.54) is 11.8 Å². The Balaban J connectivity index is 3.70. The van der Waals surface area contributed by atoms with Crippen LogP contribution in [0.3, 0.4) is 0 Å². The lowest BCUT2D eigenvalue weighted by Crippen LogP contribution is -2.42. The lowest BCUT2D eigenvalue weighted by Gasteiger charge is -2.31. The first-order chi connectivity index (χ1) is 7.12. The average Bonchev–Trinajstić information content (AvgIpc) is 1.97. The van der Waals surface area contributed by atoms with Crippen molar-refractivity contribution in [3.8, 4) is 0 Å². The summed E-state index contributed by atoms with van der Waals surface area (Å²) in [5.74, 6) is 0.425. The molecular weight excluding hydrogens is 256 g/mol. The molecule has 0 radical (unpaired) electrons. The van der Waals surface area contributed by atoms with Crippen LogP contribution in [-0.4, -0.2) is 39.2 Å². The van der Waals surface area contributed by atoms with Gasteiger partial charge in [0.05, 0.1) is 5.75 Å². The summed E-state index contributed by atoms with van der Waals surface area (Å²) in [4.78, 5) is 10.3. The maximum Gasteiger partial charge on any atom is 0.313 e. The standard InChI is InChI=1S/C10H24O3SSi2/c1-15(2,3)13-16(4,5)8-6-7-14-9-10(11)12/h6-9H2,1-5H3,(H,11,12). The number of carboxylic acids is 1. The zero-order chi connectivity index (χ0) is 12.8. The molecule has 0 aromatic rings.